The Labute approximate surface area is 204 Å². The van der Waals surface area contributed by atoms with Crippen LogP contribution >= 0.6 is 0 Å². The number of carbonyl (C=O) groups is 3. The molecule has 6 heteroatoms. The molecule has 0 atom stereocenters. The first-order valence-electron chi connectivity index (χ1n) is 11.4. The summed E-state index contributed by atoms with van der Waals surface area (Å²) >= 11 is 0. The van der Waals surface area contributed by atoms with Crippen molar-refractivity contribution in [2.45, 2.75) is 6.92 Å². The highest BCUT2D eigenvalue weighted by atomic mass is 16.5. The molecule has 4 aromatic rings. The molecule has 0 spiro atoms. The SMILES string of the molecule is CCN(C(=O)COC(=O)CNC(=O)c1ccc(-c2ccccc2)cc1)c1cccc2ccccc12. The van der Waals surface area contributed by atoms with Crippen molar-refractivity contribution in [2.24, 2.45) is 0 Å². The number of carbonyl (C=O) groups excluding carboxylic acids is 3. The van der Waals surface area contributed by atoms with Gasteiger partial charge in [-0.15, -0.1) is 0 Å². The zero-order valence-electron chi connectivity index (χ0n) is 19.4. The molecular weight excluding hydrogens is 440 g/mol. The van der Waals surface area contributed by atoms with Gasteiger partial charge in [-0.1, -0.05) is 78.9 Å². The highest BCUT2D eigenvalue weighted by Gasteiger charge is 2.18. The summed E-state index contributed by atoms with van der Waals surface area (Å²) in [5.41, 5.74) is 3.24. The van der Waals surface area contributed by atoms with Gasteiger partial charge < -0.3 is 15.0 Å². The molecule has 35 heavy (non-hydrogen) atoms. The van der Waals surface area contributed by atoms with E-state index >= 15 is 0 Å². The fourth-order valence-electron chi connectivity index (χ4n) is 3.90. The molecule has 0 saturated heterocycles. The molecule has 2 amide bonds. The summed E-state index contributed by atoms with van der Waals surface area (Å²) in [6, 6.07) is 30.5. The molecule has 1 N–H and O–H groups in total. The molecule has 0 aliphatic carbocycles. The van der Waals surface area contributed by atoms with Gasteiger partial charge in [0.15, 0.2) is 6.61 Å². The number of nitrogens with one attached hydrogen (secondary N) is 1. The van der Waals surface area contributed by atoms with Crippen LogP contribution in [0.4, 0.5) is 5.69 Å². The lowest BCUT2D eigenvalue weighted by atomic mass is 10.0. The van der Waals surface area contributed by atoms with E-state index < -0.39 is 12.6 Å². The third-order valence-electron chi connectivity index (χ3n) is 5.68. The Kier molecular flexibility index (Phi) is 7.53. The number of amides is 2. The Morgan fingerprint density at radius 1 is 0.771 bits per heavy atom. The Hall–Kier alpha value is -4.45. The van der Waals surface area contributed by atoms with E-state index in [2.05, 4.69) is 5.32 Å². The largest absolute Gasteiger partial charge is 0.454 e. The van der Waals surface area contributed by atoms with Gasteiger partial charge >= 0.3 is 5.97 Å². The summed E-state index contributed by atoms with van der Waals surface area (Å²) in [7, 11) is 0. The summed E-state index contributed by atoms with van der Waals surface area (Å²) in [5, 5.41) is 4.51. The maximum Gasteiger partial charge on any atom is 0.325 e. The van der Waals surface area contributed by atoms with Gasteiger partial charge in [0, 0.05) is 17.5 Å². The average molecular weight is 467 g/mol. The second-order valence-corrected chi connectivity index (χ2v) is 7.92. The van der Waals surface area contributed by atoms with Crippen LogP contribution in [0.3, 0.4) is 0 Å². The molecule has 4 aromatic carbocycles. The summed E-state index contributed by atoms with van der Waals surface area (Å²) < 4.78 is 5.14. The Morgan fingerprint density at radius 3 is 2.17 bits per heavy atom. The molecule has 0 bridgehead atoms. The van der Waals surface area contributed by atoms with Crippen LogP contribution in [0.15, 0.2) is 97.1 Å². The maximum absolute atomic E-state index is 12.8. The van der Waals surface area contributed by atoms with E-state index in [1.54, 1.807) is 17.0 Å². The number of rotatable bonds is 8. The van der Waals surface area contributed by atoms with Crippen LogP contribution in [0.1, 0.15) is 17.3 Å². The third-order valence-corrected chi connectivity index (χ3v) is 5.68. The number of ether oxygens (including phenoxy) is 1. The molecule has 0 heterocycles. The molecule has 0 fully saturated rings. The van der Waals surface area contributed by atoms with Crippen LogP contribution in [0.5, 0.6) is 0 Å². The molecule has 0 aliphatic heterocycles. The topological polar surface area (TPSA) is 75.7 Å². The number of hydrogen-bond donors (Lipinski definition) is 1. The van der Waals surface area contributed by atoms with Gasteiger partial charge in [0.05, 0.1) is 5.69 Å². The van der Waals surface area contributed by atoms with Gasteiger partial charge in [-0.2, -0.15) is 0 Å². The lowest BCUT2D eigenvalue weighted by molar-refractivity contribution is -0.146. The van der Waals surface area contributed by atoms with Crippen molar-refractivity contribution in [3.05, 3.63) is 103 Å². The number of benzene rings is 4. The van der Waals surface area contributed by atoms with Gasteiger partial charge in [0.2, 0.25) is 0 Å². The summed E-state index contributed by atoms with van der Waals surface area (Å²) in [4.78, 5) is 39.0. The zero-order chi connectivity index (χ0) is 24.6. The number of fused-ring (bicyclic) bond motifs is 1. The van der Waals surface area contributed by atoms with Crippen molar-refractivity contribution >= 4 is 34.2 Å². The van der Waals surface area contributed by atoms with Gasteiger partial charge in [-0.25, -0.2) is 0 Å². The minimum Gasteiger partial charge on any atom is -0.454 e. The van der Waals surface area contributed by atoms with Crippen LogP contribution in [0.2, 0.25) is 0 Å². The molecule has 6 nitrogen and oxygen atoms in total. The van der Waals surface area contributed by atoms with E-state index in [1.165, 1.54) is 0 Å². The predicted molar refractivity (Wildman–Crippen MR) is 137 cm³/mol. The number of nitrogens with zero attached hydrogens (tertiary/aromatic N) is 1. The fraction of sp³-hybridized carbons (Fsp3) is 0.138. The first-order chi connectivity index (χ1) is 17.1. The maximum atomic E-state index is 12.8. The highest BCUT2D eigenvalue weighted by Crippen LogP contribution is 2.26. The molecule has 0 radical (unpaired) electrons. The Balaban J connectivity index is 1.30. The first-order valence-corrected chi connectivity index (χ1v) is 11.4. The predicted octanol–water partition coefficient (Wildman–Crippen LogP) is 4.83. The fourth-order valence-corrected chi connectivity index (χ4v) is 3.90. The quantitative estimate of drug-likeness (QED) is 0.377. The zero-order valence-corrected chi connectivity index (χ0v) is 19.4. The van der Waals surface area contributed by atoms with Crippen molar-refractivity contribution in [1.29, 1.82) is 0 Å². The van der Waals surface area contributed by atoms with E-state index in [0.717, 1.165) is 27.6 Å². The summed E-state index contributed by atoms with van der Waals surface area (Å²) in [5.74, 6) is -1.40. The minimum absolute atomic E-state index is 0.326. The molecular formula is C29H26N2O4. The van der Waals surface area contributed by atoms with E-state index in [1.807, 2.05) is 91.9 Å². The van der Waals surface area contributed by atoms with Crippen LogP contribution in [0.25, 0.3) is 21.9 Å². The van der Waals surface area contributed by atoms with E-state index in [4.69, 9.17) is 4.74 Å². The second-order valence-electron chi connectivity index (χ2n) is 7.92. The highest BCUT2D eigenvalue weighted by molar-refractivity contribution is 6.04. The van der Waals surface area contributed by atoms with E-state index in [0.29, 0.717) is 12.1 Å². The number of anilines is 1. The van der Waals surface area contributed by atoms with Gasteiger partial charge in [-0.3, -0.25) is 14.4 Å². The van der Waals surface area contributed by atoms with Gasteiger partial charge in [0.25, 0.3) is 11.8 Å². The van der Waals surface area contributed by atoms with Crippen molar-refractivity contribution in [3.63, 3.8) is 0 Å². The van der Waals surface area contributed by atoms with Crippen molar-refractivity contribution in [1.82, 2.24) is 5.32 Å². The normalized spacial score (nSPS) is 10.5. The molecule has 4 rings (SSSR count). The summed E-state index contributed by atoms with van der Waals surface area (Å²) in [6.45, 7) is 1.56. The van der Waals surface area contributed by atoms with Gasteiger partial charge in [0.1, 0.15) is 6.54 Å². The molecule has 0 unspecified atom stereocenters. The standard InChI is InChI=1S/C29H26N2O4/c1-2-31(26-14-8-12-23-11-6-7-13-25(23)26)27(32)20-35-28(33)19-30-29(34)24-17-15-22(16-18-24)21-9-4-3-5-10-21/h3-18H,2,19-20H2,1H3,(H,30,34). The third kappa shape index (κ3) is 5.73. The monoisotopic (exact) mass is 466 g/mol. The van der Waals surface area contributed by atoms with Gasteiger partial charge in [-0.05, 0) is 41.6 Å². The van der Waals surface area contributed by atoms with Crippen molar-refractivity contribution < 1.29 is 19.1 Å². The lowest BCUT2D eigenvalue weighted by Crippen LogP contribution is -2.36. The summed E-state index contributed by atoms with van der Waals surface area (Å²) in [6.07, 6.45) is 0. The first kappa shape index (κ1) is 23.7. The Morgan fingerprint density at radius 2 is 1.43 bits per heavy atom. The molecule has 0 saturated carbocycles. The second kappa shape index (κ2) is 11.1. The Bertz CT molecular complexity index is 1330. The van der Waals surface area contributed by atoms with Crippen molar-refractivity contribution in [3.8, 4) is 11.1 Å². The molecule has 0 aliphatic rings. The lowest BCUT2D eigenvalue weighted by Gasteiger charge is -2.22. The van der Waals surface area contributed by atoms with Crippen LogP contribution in [0, 0.1) is 0 Å². The number of likely N-dealkylation sites (N-methyl/N-ethyl adjacent to an activating group) is 1. The van der Waals surface area contributed by atoms with Crippen molar-refractivity contribution in [2.75, 3.05) is 24.6 Å². The van der Waals surface area contributed by atoms with Crippen LogP contribution in [-0.2, 0) is 14.3 Å². The van der Waals surface area contributed by atoms with E-state index in [-0.39, 0.29) is 18.4 Å². The molecule has 176 valence electrons. The van der Waals surface area contributed by atoms with Crippen LogP contribution < -0.4 is 10.2 Å². The average Bonchev–Trinajstić information content (AvgIpc) is 2.91. The minimum atomic E-state index is -0.679. The van der Waals surface area contributed by atoms with E-state index in [9.17, 15) is 14.4 Å². The molecule has 0 aromatic heterocycles. The number of hydrogen-bond acceptors (Lipinski definition) is 4. The van der Waals surface area contributed by atoms with Crippen LogP contribution in [-0.4, -0.2) is 37.5 Å². The smallest absolute Gasteiger partial charge is 0.325 e. The number of esters is 1.